The molecule has 180 valence electrons. The summed E-state index contributed by atoms with van der Waals surface area (Å²) in [6, 6.07) is 8.71. The molecule has 1 fully saturated rings. The second-order valence-corrected chi connectivity index (χ2v) is 10.0. The number of β-amino-alcohol motifs (C(OH)–C–C–N with tert-alkyl or cyclic N) is 1. The van der Waals surface area contributed by atoms with Crippen LogP contribution in [0.5, 0.6) is 0 Å². The molecule has 3 heterocycles. The molecule has 1 aliphatic heterocycles. The highest BCUT2D eigenvalue weighted by atomic mass is 32.1. The predicted octanol–water partition coefficient (Wildman–Crippen LogP) is 3.69. The van der Waals surface area contributed by atoms with Gasteiger partial charge in [0.2, 0.25) is 11.8 Å². The van der Waals surface area contributed by atoms with Gasteiger partial charge in [0.25, 0.3) is 0 Å². The highest BCUT2D eigenvalue weighted by Gasteiger charge is 2.43. The number of carbonyl (C=O) groups is 2. The van der Waals surface area contributed by atoms with Crippen LogP contribution in [0, 0.1) is 12.8 Å². The molecule has 8 nitrogen and oxygen atoms in total. The van der Waals surface area contributed by atoms with Crippen molar-refractivity contribution in [1.29, 1.82) is 0 Å². The van der Waals surface area contributed by atoms with E-state index in [1.165, 1.54) is 11.1 Å². The van der Waals surface area contributed by atoms with Crippen molar-refractivity contribution in [2.45, 2.75) is 58.2 Å². The van der Waals surface area contributed by atoms with Gasteiger partial charge in [0.05, 0.1) is 34.4 Å². The number of carbonyl (C=O) groups excluding carboxylic acids is 2. The molecule has 1 saturated heterocycles. The Hall–Kier alpha value is -3.04. The van der Waals surface area contributed by atoms with E-state index in [1.807, 2.05) is 57.5 Å². The van der Waals surface area contributed by atoms with Crippen LogP contribution < -0.4 is 5.32 Å². The molecular weight excluding hydrogens is 452 g/mol. The maximum Gasteiger partial charge on any atom is 0.243 e. The Bertz CT molecular complexity index is 1130. The summed E-state index contributed by atoms with van der Waals surface area (Å²) in [4.78, 5) is 33.5. The molecule has 0 aliphatic carbocycles. The third-order valence-corrected chi connectivity index (χ3v) is 7.32. The van der Waals surface area contributed by atoms with Crippen LogP contribution in [0.15, 0.2) is 46.6 Å². The molecule has 2 N–H and O–H groups in total. The fourth-order valence-electron chi connectivity index (χ4n) is 4.50. The smallest absolute Gasteiger partial charge is 0.243 e. The van der Waals surface area contributed by atoms with Crippen molar-refractivity contribution in [2.75, 3.05) is 6.54 Å². The summed E-state index contributed by atoms with van der Waals surface area (Å²) in [5.41, 5.74) is 4.87. The number of nitrogens with zero attached hydrogens (tertiary/aromatic N) is 3. The largest absolute Gasteiger partial charge is 0.391 e. The summed E-state index contributed by atoms with van der Waals surface area (Å²) in [7, 11) is 0. The highest BCUT2D eigenvalue weighted by molar-refractivity contribution is 7.13. The van der Waals surface area contributed by atoms with E-state index in [2.05, 4.69) is 15.5 Å². The number of aliphatic hydroxyl groups is 1. The normalized spacial score (nSPS) is 19.9. The van der Waals surface area contributed by atoms with Crippen LogP contribution in [-0.4, -0.2) is 50.7 Å². The van der Waals surface area contributed by atoms with Crippen LogP contribution in [0.2, 0.25) is 0 Å². The van der Waals surface area contributed by atoms with Crippen LogP contribution >= 0.6 is 11.3 Å². The van der Waals surface area contributed by atoms with Crippen molar-refractivity contribution in [3.05, 3.63) is 59.1 Å². The van der Waals surface area contributed by atoms with E-state index in [-0.39, 0.29) is 36.7 Å². The second kappa shape index (κ2) is 10.1. The monoisotopic (exact) mass is 482 g/mol. The summed E-state index contributed by atoms with van der Waals surface area (Å²) in [5, 5.41) is 17.0. The molecule has 2 amide bonds. The van der Waals surface area contributed by atoms with E-state index in [0.717, 1.165) is 21.7 Å². The third-order valence-electron chi connectivity index (χ3n) is 6.34. The lowest BCUT2D eigenvalue weighted by Gasteiger charge is -2.29. The van der Waals surface area contributed by atoms with E-state index >= 15 is 0 Å². The Balaban J connectivity index is 1.47. The molecule has 4 atom stereocenters. The first kappa shape index (κ1) is 24.1. The van der Waals surface area contributed by atoms with Crippen molar-refractivity contribution in [2.24, 2.45) is 5.92 Å². The number of rotatable bonds is 7. The van der Waals surface area contributed by atoms with Gasteiger partial charge >= 0.3 is 0 Å². The minimum atomic E-state index is -0.750. The van der Waals surface area contributed by atoms with Gasteiger partial charge in [0.1, 0.15) is 17.7 Å². The summed E-state index contributed by atoms with van der Waals surface area (Å²) in [6.45, 7) is 7.86. The molecule has 0 spiro atoms. The van der Waals surface area contributed by atoms with Crippen LogP contribution in [0.3, 0.4) is 0 Å². The zero-order valence-corrected chi connectivity index (χ0v) is 20.6. The molecule has 1 aliphatic rings. The van der Waals surface area contributed by atoms with Gasteiger partial charge in [0, 0.05) is 19.0 Å². The SMILES string of the molecule is Cc1ncsc1-c1ccc(C(C)NC(=O)C2CC(O)CN2C(=O)C(c2ccno2)C(C)C)cc1. The lowest BCUT2D eigenvalue weighted by atomic mass is 9.91. The molecule has 0 bridgehead atoms. The number of hydrogen-bond donors (Lipinski definition) is 2. The zero-order chi connectivity index (χ0) is 24.4. The van der Waals surface area contributed by atoms with Gasteiger partial charge in [-0.1, -0.05) is 43.3 Å². The Morgan fingerprint density at radius 2 is 1.94 bits per heavy atom. The second-order valence-electron chi connectivity index (χ2n) is 9.15. The van der Waals surface area contributed by atoms with Gasteiger partial charge in [-0.25, -0.2) is 4.98 Å². The number of thiazole rings is 1. The predicted molar refractivity (Wildman–Crippen MR) is 129 cm³/mol. The Kier molecular flexibility index (Phi) is 7.13. The molecule has 9 heteroatoms. The number of nitrogens with one attached hydrogen (secondary N) is 1. The quantitative estimate of drug-likeness (QED) is 0.532. The van der Waals surface area contributed by atoms with E-state index in [4.69, 9.17) is 4.52 Å². The van der Waals surface area contributed by atoms with Crippen LogP contribution in [0.4, 0.5) is 0 Å². The molecule has 0 saturated carbocycles. The summed E-state index contributed by atoms with van der Waals surface area (Å²) in [5.74, 6) is -0.671. The Morgan fingerprint density at radius 1 is 1.21 bits per heavy atom. The van der Waals surface area contributed by atoms with E-state index < -0.39 is 18.1 Å². The first-order chi connectivity index (χ1) is 16.3. The van der Waals surface area contributed by atoms with Crippen LogP contribution in [-0.2, 0) is 9.59 Å². The van der Waals surface area contributed by atoms with Gasteiger partial charge in [-0.3, -0.25) is 9.59 Å². The third kappa shape index (κ3) is 4.90. The number of aryl methyl sites for hydroxylation is 1. The number of hydrogen-bond acceptors (Lipinski definition) is 7. The minimum Gasteiger partial charge on any atom is -0.391 e. The maximum absolute atomic E-state index is 13.4. The van der Waals surface area contributed by atoms with Gasteiger partial charge in [-0.2, -0.15) is 0 Å². The number of benzene rings is 1. The van der Waals surface area contributed by atoms with Crippen LogP contribution in [0.1, 0.15) is 56.2 Å². The Labute approximate surface area is 203 Å². The number of amides is 2. The Morgan fingerprint density at radius 3 is 2.53 bits per heavy atom. The molecule has 0 radical (unpaired) electrons. The topological polar surface area (TPSA) is 109 Å². The number of aliphatic hydroxyl groups excluding tert-OH is 1. The summed E-state index contributed by atoms with van der Waals surface area (Å²) in [6.07, 6.45) is 0.957. The number of aromatic nitrogens is 2. The van der Waals surface area contributed by atoms with Crippen molar-refractivity contribution < 1.29 is 19.2 Å². The van der Waals surface area contributed by atoms with E-state index in [9.17, 15) is 14.7 Å². The van der Waals surface area contributed by atoms with Crippen molar-refractivity contribution >= 4 is 23.2 Å². The average molecular weight is 483 g/mol. The zero-order valence-electron chi connectivity index (χ0n) is 19.8. The lowest BCUT2D eigenvalue weighted by molar-refractivity contribution is -0.141. The van der Waals surface area contributed by atoms with Crippen LogP contribution in [0.25, 0.3) is 10.4 Å². The van der Waals surface area contributed by atoms with Gasteiger partial charge < -0.3 is 19.8 Å². The molecule has 1 aromatic carbocycles. The molecular formula is C25H30N4O4S. The van der Waals surface area contributed by atoms with Gasteiger partial charge in [-0.05, 0) is 30.9 Å². The first-order valence-electron chi connectivity index (χ1n) is 11.5. The van der Waals surface area contributed by atoms with Gasteiger partial charge in [0.15, 0.2) is 0 Å². The molecule has 3 aromatic rings. The first-order valence-corrected chi connectivity index (χ1v) is 12.3. The summed E-state index contributed by atoms with van der Waals surface area (Å²) < 4.78 is 5.26. The fraction of sp³-hybridized carbons (Fsp3) is 0.440. The van der Waals surface area contributed by atoms with E-state index in [1.54, 1.807) is 17.4 Å². The van der Waals surface area contributed by atoms with Gasteiger partial charge in [-0.15, -0.1) is 11.3 Å². The van der Waals surface area contributed by atoms with Crippen molar-refractivity contribution in [3.8, 4) is 10.4 Å². The fourth-order valence-corrected chi connectivity index (χ4v) is 5.31. The number of likely N-dealkylation sites (tertiary alicyclic amines) is 1. The summed E-state index contributed by atoms with van der Waals surface area (Å²) >= 11 is 1.60. The van der Waals surface area contributed by atoms with Crippen molar-refractivity contribution in [1.82, 2.24) is 20.4 Å². The molecule has 4 rings (SSSR count). The van der Waals surface area contributed by atoms with E-state index in [0.29, 0.717) is 5.76 Å². The maximum atomic E-state index is 13.4. The standard InChI is InChI=1S/C25H30N4O4S/c1-14(2)22(21-9-10-27-33-21)25(32)29-12-19(30)11-20(29)24(31)28-15(3)17-5-7-18(8-6-17)23-16(4)26-13-34-23/h5-10,13-15,19-20,22,30H,11-12H2,1-4H3,(H,28,31). The minimum absolute atomic E-state index is 0.0541. The van der Waals surface area contributed by atoms with Crippen molar-refractivity contribution in [3.63, 3.8) is 0 Å². The average Bonchev–Trinajstić information content (AvgIpc) is 3.55. The molecule has 2 aromatic heterocycles. The molecule has 4 unspecified atom stereocenters. The highest BCUT2D eigenvalue weighted by Crippen LogP contribution is 2.31. The lowest BCUT2D eigenvalue weighted by Crippen LogP contribution is -2.48. The molecule has 34 heavy (non-hydrogen) atoms.